The van der Waals surface area contributed by atoms with Crippen molar-refractivity contribution in [1.82, 2.24) is 4.98 Å². The van der Waals surface area contributed by atoms with Crippen molar-refractivity contribution in [3.8, 4) is 0 Å². The van der Waals surface area contributed by atoms with Crippen LogP contribution in [0.2, 0.25) is 0 Å². The van der Waals surface area contributed by atoms with E-state index in [2.05, 4.69) is 15.0 Å². The molecule has 2 aromatic rings. The van der Waals surface area contributed by atoms with Crippen LogP contribution in [0.5, 0.6) is 0 Å². The van der Waals surface area contributed by atoms with Crippen molar-refractivity contribution < 1.29 is 18.7 Å². The number of hydrogen-bond donors (Lipinski definition) is 1. The van der Waals surface area contributed by atoms with Gasteiger partial charge in [-0.1, -0.05) is 36.3 Å². The van der Waals surface area contributed by atoms with E-state index in [1.807, 2.05) is 0 Å². The van der Waals surface area contributed by atoms with Crippen molar-refractivity contribution in [3.05, 3.63) is 46.7 Å². The Morgan fingerprint density at radius 2 is 2.08 bits per heavy atom. The first-order valence-electron chi connectivity index (χ1n) is 7.67. The highest BCUT2D eigenvalue weighted by Gasteiger charge is 2.43. The maximum absolute atomic E-state index is 13.6. The van der Waals surface area contributed by atoms with Crippen LogP contribution in [0.15, 0.2) is 30.5 Å². The maximum atomic E-state index is 13.6. The number of nitrogens with one attached hydrogen (secondary N) is 1. The summed E-state index contributed by atoms with van der Waals surface area (Å²) in [6.07, 6.45) is 4.52. The van der Waals surface area contributed by atoms with Crippen LogP contribution in [0.25, 0.3) is 0 Å². The number of carbonyl (C=O) groups excluding carboxylic acids is 2. The zero-order chi connectivity index (χ0) is 17.2. The SMILES string of the molecule is COC(=O)c1cnc(NC(=O)C2(c3cccc(F)c3)CCCC2)s1. The molecule has 0 radical (unpaired) electrons. The molecule has 0 aliphatic heterocycles. The molecule has 0 atom stereocenters. The third-order valence-electron chi connectivity index (χ3n) is 4.38. The fourth-order valence-corrected chi connectivity index (χ4v) is 3.88. The fraction of sp³-hybridized carbons (Fsp3) is 0.353. The molecule has 126 valence electrons. The predicted octanol–water partition coefficient (Wildman–Crippen LogP) is 3.52. The summed E-state index contributed by atoms with van der Waals surface area (Å²) >= 11 is 1.06. The summed E-state index contributed by atoms with van der Waals surface area (Å²) in [6.45, 7) is 0. The molecule has 0 bridgehead atoms. The Morgan fingerprint density at radius 1 is 1.33 bits per heavy atom. The molecule has 1 aliphatic carbocycles. The topological polar surface area (TPSA) is 68.3 Å². The van der Waals surface area contributed by atoms with E-state index < -0.39 is 11.4 Å². The number of aromatic nitrogens is 1. The molecule has 7 heteroatoms. The van der Waals surface area contributed by atoms with E-state index in [1.54, 1.807) is 12.1 Å². The molecule has 1 amide bonds. The third kappa shape index (κ3) is 3.03. The lowest BCUT2D eigenvalue weighted by Crippen LogP contribution is -2.38. The van der Waals surface area contributed by atoms with Crippen molar-refractivity contribution in [3.63, 3.8) is 0 Å². The first-order chi connectivity index (χ1) is 11.5. The summed E-state index contributed by atoms with van der Waals surface area (Å²) < 4.78 is 18.3. The first kappa shape index (κ1) is 16.6. The summed E-state index contributed by atoms with van der Waals surface area (Å²) in [5.74, 6) is -1.06. The van der Waals surface area contributed by atoms with Gasteiger partial charge in [0.15, 0.2) is 5.13 Å². The van der Waals surface area contributed by atoms with Gasteiger partial charge in [-0.3, -0.25) is 4.79 Å². The second-order valence-corrected chi connectivity index (χ2v) is 6.81. The minimum atomic E-state index is -0.751. The number of esters is 1. The van der Waals surface area contributed by atoms with Gasteiger partial charge in [-0.2, -0.15) is 0 Å². The smallest absolute Gasteiger partial charge is 0.349 e. The van der Waals surface area contributed by atoms with Gasteiger partial charge in [0.25, 0.3) is 0 Å². The van der Waals surface area contributed by atoms with Crippen LogP contribution in [0.4, 0.5) is 9.52 Å². The predicted molar refractivity (Wildman–Crippen MR) is 88.6 cm³/mol. The Balaban J connectivity index is 1.85. The molecule has 0 unspecified atom stereocenters. The zero-order valence-corrected chi connectivity index (χ0v) is 14.0. The first-order valence-corrected chi connectivity index (χ1v) is 8.48. The Labute approximate surface area is 142 Å². The van der Waals surface area contributed by atoms with Gasteiger partial charge in [-0.25, -0.2) is 14.2 Å². The average Bonchev–Trinajstić information content (AvgIpc) is 3.24. The maximum Gasteiger partial charge on any atom is 0.349 e. The highest BCUT2D eigenvalue weighted by atomic mass is 32.1. The number of carbonyl (C=O) groups is 2. The molecule has 0 spiro atoms. The number of thiazole rings is 1. The van der Waals surface area contributed by atoms with Crippen LogP contribution >= 0.6 is 11.3 Å². The Morgan fingerprint density at radius 3 is 2.75 bits per heavy atom. The van der Waals surface area contributed by atoms with Crippen LogP contribution in [0, 0.1) is 5.82 Å². The Kier molecular flexibility index (Phi) is 4.62. The van der Waals surface area contributed by atoms with Gasteiger partial charge in [-0.05, 0) is 30.5 Å². The third-order valence-corrected chi connectivity index (χ3v) is 5.27. The standard InChI is InChI=1S/C17H17FN2O3S/c1-23-14(21)13-10-19-16(24-13)20-15(22)17(7-2-3-8-17)11-5-4-6-12(18)9-11/h4-6,9-10H,2-3,7-8H2,1H3,(H,19,20,22). The van der Waals surface area contributed by atoms with Crippen LogP contribution < -0.4 is 5.32 Å². The van der Waals surface area contributed by atoms with Gasteiger partial charge in [0, 0.05) is 0 Å². The van der Waals surface area contributed by atoms with E-state index in [4.69, 9.17) is 0 Å². The largest absolute Gasteiger partial charge is 0.465 e. The van der Waals surface area contributed by atoms with Crippen LogP contribution in [-0.2, 0) is 14.9 Å². The van der Waals surface area contributed by atoms with E-state index in [1.165, 1.54) is 25.4 Å². The lowest BCUT2D eigenvalue weighted by molar-refractivity contribution is -0.121. The number of amides is 1. The van der Waals surface area contributed by atoms with Gasteiger partial charge in [0.2, 0.25) is 5.91 Å². The van der Waals surface area contributed by atoms with Gasteiger partial charge in [0.05, 0.1) is 18.7 Å². The average molecular weight is 348 g/mol. The molecule has 0 saturated heterocycles. The fourth-order valence-electron chi connectivity index (χ4n) is 3.16. The molecule has 1 aliphatic rings. The monoisotopic (exact) mass is 348 g/mol. The molecular weight excluding hydrogens is 331 g/mol. The molecule has 1 heterocycles. The van der Waals surface area contributed by atoms with Gasteiger partial charge in [0.1, 0.15) is 10.7 Å². The van der Waals surface area contributed by atoms with Crippen LogP contribution in [-0.4, -0.2) is 24.0 Å². The Bertz CT molecular complexity index is 769. The molecule has 1 aromatic carbocycles. The lowest BCUT2D eigenvalue weighted by Gasteiger charge is -2.27. The van der Waals surface area contributed by atoms with Crippen LogP contribution in [0.1, 0.15) is 40.9 Å². The van der Waals surface area contributed by atoms with E-state index in [-0.39, 0.29) is 11.7 Å². The number of anilines is 1. The lowest BCUT2D eigenvalue weighted by atomic mass is 9.78. The van der Waals surface area contributed by atoms with Crippen molar-refractivity contribution in [2.45, 2.75) is 31.1 Å². The highest BCUT2D eigenvalue weighted by molar-refractivity contribution is 7.17. The molecule has 3 rings (SSSR count). The number of hydrogen-bond acceptors (Lipinski definition) is 5. The second kappa shape index (κ2) is 6.68. The minimum absolute atomic E-state index is 0.212. The molecular formula is C17H17FN2O3S. The van der Waals surface area contributed by atoms with Gasteiger partial charge in [-0.15, -0.1) is 0 Å². The van der Waals surface area contributed by atoms with Crippen molar-refractivity contribution >= 4 is 28.3 Å². The highest BCUT2D eigenvalue weighted by Crippen LogP contribution is 2.42. The second-order valence-electron chi connectivity index (χ2n) is 5.77. The molecule has 24 heavy (non-hydrogen) atoms. The minimum Gasteiger partial charge on any atom is -0.465 e. The van der Waals surface area contributed by atoms with E-state index >= 15 is 0 Å². The van der Waals surface area contributed by atoms with Gasteiger partial charge >= 0.3 is 5.97 Å². The number of methoxy groups -OCH3 is 1. The van der Waals surface area contributed by atoms with Crippen LogP contribution in [0.3, 0.4) is 0 Å². The summed E-state index contributed by atoms with van der Waals surface area (Å²) in [7, 11) is 1.29. The van der Waals surface area contributed by atoms with E-state index in [0.29, 0.717) is 28.4 Å². The molecule has 1 saturated carbocycles. The molecule has 1 aromatic heterocycles. The molecule has 5 nitrogen and oxygen atoms in total. The van der Waals surface area contributed by atoms with Crippen molar-refractivity contribution in [1.29, 1.82) is 0 Å². The van der Waals surface area contributed by atoms with E-state index in [0.717, 1.165) is 24.2 Å². The summed E-state index contributed by atoms with van der Waals surface area (Å²) in [5.41, 5.74) is -0.0682. The summed E-state index contributed by atoms with van der Waals surface area (Å²) in [5, 5.41) is 3.12. The molecule has 1 N–H and O–H groups in total. The van der Waals surface area contributed by atoms with Crippen molar-refractivity contribution in [2.24, 2.45) is 0 Å². The Hall–Kier alpha value is -2.28. The summed E-state index contributed by atoms with van der Waals surface area (Å²) in [4.78, 5) is 28.8. The number of halogens is 1. The van der Waals surface area contributed by atoms with Crippen molar-refractivity contribution in [2.75, 3.05) is 12.4 Å². The number of rotatable bonds is 4. The molecule has 1 fully saturated rings. The number of ether oxygens (including phenoxy) is 1. The summed E-state index contributed by atoms with van der Waals surface area (Å²) in [6, 6.07) is 6.20. The van der Waals surface area contributed by atoms with E-state index in [9.17, 15) is 14.0 Å². The number of nitrogens with zero attached hydrogens (tertiary/aromatic N) is 1. The normalized spacial score (nSPS) is 15.9. The quantitative estimate of drug-likeness (QED) is 0.859. The number of benzene rings is 1. The zero-order valence-electron chi connectivity index (χ0n) is 13.2. The van der Waals surface area contributed by atoms with Gasteiger partial charge < -0.3 is 10.1 Å².